The van der Waals surface area contributed by atoms with Crippen molar-refractivity contribution in [3.8, 4) is 11.1 Å². The number of nitrogens with zero attached hydrogens (tertiary/aromatic N) is 2. The molecule has 0 fully saturated rings. The zero-order chi connectivity index (χ0) is 23.8. The molecule has 5 heterocycles. The van der Waals surface area contributed by atoms with Crippen molar-refractivity contribution in [3.05, 3.63) is 89.5 Å². The van der Waals surface area contributed by atoms with Crippen molar-refractivity contribution in [1.82, 2.24) is 19.9 Å². The second-order valence-corrected chi connectivity index (χ2v) is 8.54. The topological polar surface area (TPSA) is 86.5 Å². The third kappa shape index (κ3) is 4.29. The van der Waals surface area contributed by atoms with Crippen LogP contribution in [0.15, 0.2) is 66.7 Å². The van der Waals surface area contributed by atoms with Gasteiger partial charge in [0, 0.05) is 45.3 Å². The fourth-order valence-corrected chi connectivity index (χ4v) is 4.31. The lowest BCUT2D eigenvalue weighted by Gasteiger charge is -2.09. The van der Waals surface area contributed by atoms with Crippen LogP contribution in [0.25, 0.3) is 57.5 Å². The first-order chi connectivity index (χ1) is 17.1. The van der Waals surface area contributed by atoms with Gasteiger partial charge in [0.05, 0.1) is 22.8 Å². The SMILES string of the molecule is CCC(=O)Nc1ccccc1-c1cc2cc3nc(cc4ccc(cc5nc(cc1[nH]2)C=C5)[nH]4)C=C3. The van der Waals surface area contributed by atoms with E-state index in [1.807, 2.05) is 91.9 Å². The first-order valence-electron chi connectivity index (χ1n) is 11.6. The number of para-hydroxylation sites is 1. The van der Waals surface area contributed by atoms with E-state index in [0.717, 1.165) is 61.7 Å². The number of aromatic nitrogens is 4. The van der Waals surface area contributed by atoms with E-state index in [2.05, 4.69) is 21.4 Å². The van der Waals surface area contributed by atoms with Crippen LogP contribution in [0.4, 0.5) is 5.69 Å². The number of anilines is 1. The molecule has 3 N–H and O–H groups in total. The van der Waals surface area contributed by atoms with Crippen LogP contribution in [-0.4, -0.2) is 25.8 Å². The van der Waals surface area contributed by atoms with Crippen LogP contribution in [-0.2, 0) is 4.79 Å². The molecular formula is C29H23N5O. The quantitative estimate of drug-likeness (QED) is 0.277. The zero-order valence-electron chi connectivity index (χ0n) is 19.2. The molecule has 1 aromatic carbocycles. The van der Waals surface area contributed by atoms with Gasteiger partial charge < -0.3 is 15.3 Å². The lowest BCUT2D eigenvalue weighted by atomic mass is 10.0. The molecule has 3 aromatic heterocycles. The summed E-state index contributed by atoms with van der Waals surface area (Å²) in [4.78, 5) is 28.6. The highest BCUT2D eigenvalue weighted by Gasteiger charge is 2.12. The van der Waals surface area contributed by atoms with Crippen LogP contribution in [0.1, 0.15) is 36.1 Å². The van der Waals surface area contributed by atoms with Crippen LogP contribution in [0.5, 0.6) is 0 Å². The molecule has 0 unspecified atom stereocenters. The van der Waals surface area contributed by atoms with Crippen molar-refractivity contribution < 1.29 is 4.79 Å². The van der Waals surface area contributed by atoms with E-state index in [4.69, 9.17) is 9.97 Å². The monoisotopic (exact) mass is 457 g/mol. The van der Waals surface area contributed by atoms with Crippen molar-refractivity contribution in [2.24, 2.45) is 0 Å². The van der Waals surface area contributed by atoms with E-state index < -0.39 is 0 Å². The largest absolute Gasteiger partial charge is 0.355 e. The number of hydrogen-bond acceptors (Lipinski definition) is 3. The van der Waals surface area contributed by atoms with Gasteiger partial charge in [-0.1, -0.05) is 25.1 Å². The highest BCUT2D eigenvalue weighted by Crippen LogP contribution is 2.33. The zero-order valence-corrected chi connectivity index (χ0v) is 19.2. The van der Waals surface area contributed by atoms with Gasteiger partial charge >= 0.3 is 0 Å². The van der Waals surface area contributed by atoms with Gasteiger partial charge in [0.2, 0.25) is 5.91 Å². The Balaban J connectivity index is 1.63. The van der Waals surface area contributed by atoms with E-state index in [1.165, 1.54) is 0 Å². The molecule has 8 bridgehead atoms. The summed E-state index contributed by atoms with van der Waals surface area (Å²) in [6, 6.07) is 22.1. The standard InChI is InChI=1S/C29H23N5O/c1-2-29(35)34-27-6-4-3-5-25(27)26-16-24-15-22-10-9-20(31-22)13-18-7-8-19(30-18)14-21-11-12-23(32-21)17-28(26)33-24/h3-17,30,33H,2H2,1H3,(H,34,35). The molecule has 35 heavy (non-hydrogen) atoms. The molecule has 0 radical (unpaired) electrons. The minimum Gasteiger partial charge on any atom is -0.355 e. The minimum absolute atomic E-state index is 0.0224. The van der Waals surface area contributed by atoms with E-state index in [1.54, 1.807) is 0 Å². The molecule has 2 aliphatic heterocycles. The summed E-state index contributed by atoms with van der Waals surface area (Å²) in [7, 11) is 0. The van der Waals surface area contributed by atoms with E-state index in [-0.39, 0.29) is 5.91 Å². The van der Waals surface area contributed by atoms with Crippen molar-refractivity contribution in [2.75, 3.05) is 5.32 Å². The van der Waals surface area contributed by atoms with Crippen molar-refractivity contribution in [3.63, 3.8) is 0 Å². The molecule has 6 rings (SSSR count). The summed E-state index contributed by atoms with van der Waals surface area (Å²) in [6.45, 7) is 1.85. The lowest BCUT2D eigenvalue weighted by molar-refractivity contribution is -0.115. The first kappa shape index (κ1) is 20.9. The molecule has 6 heteroatoms. The number of H-pyrrole nitrogens is 2. The number of carbonyl (C=O) groups excluding carboxylic acids is 1. The number of rotatable bonds is 3. The van der Waals surface area contributed by atoms with Gasteiger partial charge in [-0.3, -0.25) is 4.79 Å². The molecule has 170 valence electrons. The Morgan fingerprint density at radius 2 is 1.31 bits per heavy atom. The van der Waals surface area contributed by atoms with Crippen LogP contribution in [0.3, 0.4) is 0 Å². The lowest BCUT2D eigenvalue weighted by Crippen LogP contribution is -2.10. The molecule has 6 nitrogen and oxygen atoms in total. The van der Waals surface area contributed by atoms with Gasteiger partial charge in [0.15, 0.2) is 0 Å². The van der Waals surface area contributed by atoms with Gasteiger partial charge in [-0.05, 0) is 72.8 Å². The van der Waals surface area contributed by atoms with Crippen LogP contribution >= 0.6 is 0 Å². The second kappa shape index (κ2) is 8.57. The smallest absolute Gasteiger partial charge is 0.224 e. The number of aromatic amines is 2. The Morgan fingerprint density at radius 3 is 1.97 bits per heavy atom. The normalized spacial score (nSPS) is 12.1. The van der Waals surface area contributed by atoms with Gasteiger partial charge in [-0.2, -0.15) is 0 Å². The Hall–Kier alpha value is -4.71. The van der Waals surface area contributed by atoms with Gasteiger partial charge in [0.25, 0.3) is 0 Å². The summed E-state index contributed by atoms with van der Waals surface area (Å²) in [6.07, 6.45) is 8.43. The highest BCUT2D eigenvalue weighted by molar-refractivity contribution is 5.99. The first-order valence-corrected chi connectivity index (χ1v) is 11.6. The number of benzene rings is 1. The summed E-state index contributed by atoms with van der Waals surface area (Å²) in [5.41, 5.74) is 9.97. The number of carbonyl (C=O) groups is 1. The molecule has 2 aliphatic rings. The van der Waals surface area contributed by atoms with E-state index >= 15 is 0 Å². The van der Waals surface area contributed by atoms with Gasteiger partial charge in [-0.25, -0.2) is 9.97 Å². The van der Waals surface area contributed by atoms with Crippen molar-refractivity contribution >= 4 is 58.0 Å². The Morgan fingerprint density at radius 1 is 0.714 bits per heavy atom. The Kier molecular flexibility index (Phi) is 5.11. The molecule has 0 atom stereocenters. The molecular weight excluding hydrogens is 434 g/mol. The summed E-state index contributed by atoms with van der Waals surface area (Å²) in [5.74, 6) is -0.0224. The minimum atomic E-state index is -0.0224. The average molecular weight is 458 g/mol. The molecule has 0 spiro atoms. The highest BCUT2D eigenvalue weighted by atomic mass is 16.1. The predicted octanol–water partition coefficient (Wildman–Crippen LogP) is 6.67. The maximum Gasteiger partial charge on any atom is 0.224 e. The average Bonchev–Trinajstić information content (AvgIpc) is 3.65. The summed E-state index contributed by atoms with van der Waals surface area (Å²) >= 11 is 0. The molecule has 0 aliphatic carbocycles. The predicted molar refractivity (Wildman–Crippen MR) is 143 cm³/mol. The number of nitrogens with one attached hydrogen (secondary N) is 3. The number of amides is 1. The summed E-state index contributed by atoms with van der Waals surface area (Å²) < 4.78 is 0. The number of fused-ring (bicyclic) bond motifs is 8. The van der Waals surface area contributed by atoms with Crippen molar-refractivity contribution in [2.45, 2.75) is 13.3 Å². The molecule has 0 saturated heterocycles. The van der Waals surface area contributed by atoms with Crippen molar-refractivity contribution in [1.29, 1.82) is 0 Å². The Bertz CT molecular complexity index is 1690. The number of hydrogen-bond donors (Lipinski definition) is 3. The second-order valence-electron chi connectivity index (χ2n) is 8.54. The fraction of sp³-hybridized carbons (Fsp3) is 0.0690. The van der Waals surface area contributed by atoms with E-state index in [0.29, 0.717) is 6.42 Å². The van der Waals surface area contributed by atoms with Gasteiger partial charge in [-0.15, -0.1) is 0 Å². The maximum atomic E-state index is 12.2. The maximum absolute atomic E-state index is 12.2. The van der Waals surface area contributed by atoms with E-state index in [9.17, 15) is 4.79 Å². The van der Waals surface area contributed by atoms with Crippen LogP contribution in [0.2, 0.25) is 0 Å². The molecule has 1 amide bonds. The van der Waals surface area contributed by atoms with Crippen LogP contribution in [0, 0.1) is 0 Å². The molecule has 0 saturated carbocycles. The summed E-state index contributed by atoms with van der Waals surface area (Å²) in [5, 5.41) is 3.03. The van der Waals surface area contributed by atoms with Gasteiger partial charge in [0.1, 0.15) is 0 Å². The third-order valence-electron chi connectivity index (χ3n) is 5.98. The third-order valence-corrected chi connectivity index (χ3v) is 5.98. The fourth-order valence-electron chi connectivity index (χ4n) is 4.31. The van der Waals surface area contributed by atoms with Crippen LogP contribution < -0.4 is 5.32 Å². The Labute approximate surface area is 202 Å². The molecule has 4 aromatic rings.